The van der Waals surface area contributed by atoms with Gasteiger partial charge in [-0.25, -0.2) is 13.1 Å². The number of carbonyl (C=O) groups is 1. The van der Waals surface area contributed by atoms with Crippen molar-refractivity contribution >= 4 is 21.6 Å². The molecule has 0 atom stereocenters. The SMILES string of the molecule is Cc1nn(-c2ccccc2)c(C)c1NC(=O)CN1CCN(S(=O)(=O)Cc2ccccc2)CC1. The second-order valence-electron chi connectivity index (χ2n) is 8.26. The Labute approximate surface area is 194 Å². The van der Waals surface area contributed by atoms with E-state index in [0.717, 1.165) is 22.6 Å². The molecule has 0 aliphatic carbocycles. The summed E-state index contributed by atoms with van der Waals surface area (Å²) in [6, 6.07) is 19.0. The Morgan fingerprint density at radius 1 is 0.939 bits per heavy atom. The van der Waals surface area contributed by atoms with Crippen LogP contribution < -0.4 is 5.32 Å². The molecule has 0 spiro atoms. The van der Waals surface area contributed by atoms with Crippen molar-refractivity contribution in [2.45, 2.75) is 19.6 Å². The number of carbonyl (C=O) groups excluding carboxylic acids is 1. The van der Waals surface area contributed by atoms with Crippen molar-refractivity contribution in [3.63, 3.8) is 0 Å². The minimum absolute atomic E-state index is 0.00170. The van der Waals surface area contributed by atoms with Crippen molar-refractivity contribution in [3.8, 4) is 5.69 Å². The van der Waals surface area contributed by atoms with E-state index in [9.17, 15) is 13.2 Å². The molecule has 0 unspecified atom stereocenters. The molecule has 1 saturated heterocycles. The maximum atomic E-state index is 12.7. The lowest BCUT2D eigenvalue weighted by Gasteiger charge is -2.33. The standard InChI is InChI=1S/C24H29N5O3S/c1-19-24(20(2)29(26-19)22-11-7-4-8-12-22)25-23(30)17-27-13-15-28(16-14-27)33(31,32)18-21-9-5-3-6-10-21/h3-12H,13-18H2,1-2H3,(H,25,30). The first-order chi connectivity index (χ1) is 15.8. The van der Waals surface area contributed by atoms with E-state index in [-0.39, 0.29) is 18.2 Å². The minimum Gasteiger partial charge on any atom is -0.322 e. The molecule has 4 rings (SSSR count). The van der Waals surface area contributed by atoms with Gasteiger partial charge in [-0.05, 0) is 31.5 Å². The molecule has 1 N–H and O–H groups in total. The third kappa shape index (κ3) is 5.50. The minimum atomic E-state index is -3.38. The summed E-state index contributed by atoms with van der Waals surface area (Å²) in [4.78, 5) is 14.7. The summed E-state index contributed by atoms with van der Waals surface area (Å²) in [5.74, 6) is -0.132. The van der Waals surface area contributed by atoms with Crippen molar-refractivity contribution in [3.05, 3.63) is 77.6 Å². The molecule has 174 valence electrons. The normalized spacial score (nSPS) is 15.5. The zero-order chi connectivity index (χ0) is 23.4. The second-order valence-corrected chi connectivity index (χ2v) is 10.2. The largest absolute Gasteiger partial charge is 0.322 e. The highest BCUT2D eigenvalue weighted by Crippen LogP contribution is 2.23. The molecule has 9 heteroatoms. The van der Waals surface area contributed by atoms with Gasteiger partial charge in [0.15, 0.2) is 0 Å². The lowest BCUT2D eigenvalue weighted by atomic mass is 10.2. The summed E-state index contributed by atoms with van der Waals surface area (Å²) in [5, 5.41) is 7.56. The van der Waals surface area contributed by atoms with Crippen LogP contribution in [0.4, 0.5) is 5.69 Å². The van der Waals surface area contributed by atoms with E-state index in [4.69, 9.17) is 0 Å². The van der Waals surface area contributed by atoms with Crippen LogP contribution in [0.5, 0.6) is 0 Å². The number of anilines is 1. The fraction of sp³-hybridized carbons (Fsp3) is 0.333. The van der Waals surface area contributed by atoms with E-state index in [1.165, 1.54) is 4.31 Å². The van der Waals surface area contributed by atoms with Crippen LogP contribution in [-0.4, -0.2) is 66.0 Å². The topological polar surface area (TPSA) is 87.5 Å². The summed E-state index contributed by atoms with van der Waals surface area (Å²) < 4.78 is 28.8. The number of nitrogens with one attached hydrogen (secondary N) is 1. The molecular formula is C24H29N5O3S. The van der Waals surface area contributed by atoms with E-state index >= 15 is 0 Å². The lowest BCUT2D eigenvalue weighted by molar-refractivity contribution is -0.117. The Morgan fingerprint density at radius 2 is 1.55 bits per heavy atom. The number of piperazine rings is 1. The summed E-state index contributed by atoms with van der Waals surface area (Å²) in [5.41, 5.74) is 4.05. The number of sulfonamides is 1. The summed E-state index contributed by atoms with van der Waals surface area (Å²) >= 11 is 0. The van der Waals surface area contributed by atoms with Gasteiger partial charge in [0.25, 0.3) is 0 Å². The van der Waals surface area contributed by atoms with Crippen LogP contribution in [0, 0.1) is 13.8 Å². The Bertz CT molecular complexity index is 1200. The van der Waals surface area contributed by atoms with Gasteiger partial charge in [-0.15, -0.1) is 0 Å². The zero-order valence-electron chi connectivity index (χ0n) is 18.9. The molecule has 1 aliphatic heterocycles. The van der Waals surface area contributed by atoms with Crippen molar-refractivity contribution in [2.75, 3.05) is 38.0 Å². The fourth-order valence-corrected chi connectivity index (χ4v) is 5.58. The van der Waals surface area contributed by atoms with Gasteiger partial charge < -0.3 is 5.32 Å². The van der Waals surface area contributed by atoms with Crippen molar-refractivity contribution in [1.29, 1.82) is 0 Å². The van der Waals surface area contributed by atoms with Crippen LogP contribution in [0.25, 0.3) is 5.69 Å². The van der Waals surface area contributed by atoms with Crippen LogP contribution in [0.1, 0.15) is 17.0 Å². The first kappa shape index (κ1) is 23.2. The molecule has 33 heavy (non-hydrogen) atoms. The number of para-hydroxylation sites is 1. The zero-order valence-corrected chi connectivity index (χ0v) is 19.8. The molecule has 1 amide bonds. The van der Waals surface area contributed by atoms with Gasteiger partial charge >= 0.3 is 0 Å². The molecule has 8 nitrogen and oxygen atoms in total. The van der Waals surface area contributed by atoms with Gasteiger partial charge in [0, 0.05) is 26.2 Å². The van der Waals surface area contributed by atoms with E-state index in [1.807, 2.05) is 84.1 Å². The van der Waals surface area contributed by atoms with Crippen molar-refractivity contribution < 1.29 is 13.2 Å². The van der Waals surface area contributed by atoms with Crippen LogP contribution in [0.3, 0.4) is 0 Å². The smallest absolute Gasteiger partial charge is 0.238 e. The number of nitrogens with zero attached hydrogens (tertiary/aromatic N) is 4. The highest BCUT2D eigenvalue weighted by atomic mass is 32.2. The highest BCUT2D eigenvalue weighted by molar-refractivity contribution is 7.88. The average molecular weight is 468 g/mol. The molecule has 0 saturated carbocycles. The van der Waals surface area contributed by atoms with Gasteiger partial charge in [-0.2, -0.15) is 9.40 Å². The molecule has 2 heterocycles. The van der Waals surface area contributed by atoms with Gasteiger partial charge in [0.05, 0.1) is 35.1 Å². The van der Waals surface area contributed by atoms with Crippen LogP contribution in [0.2, 0.25) is 0 Å². The molecule has 0 radical (unpaired) electrons. The fourth-order valence-electron chi connectivity index (χ4n) is 4.07. The van der Waals surface area contributed by atoms with Gasteiger partial charge in [-0.3, -0.25) is 9.69 Å². The van der Waals surface area contributed by atoms with Gasteiger partial charge in [0.1, 0.15) is 0 Å². The van der Waals surface area contributed by atoms with Crippen LogP contribution >= 0.6 is 0 Å². The van der Waals surface area contributed by atoms with Crippen LogP contribution in [-0.2, 0) is 20.6 Å². The van der Waals surface area contributed by atoms with Crippen molar-refractivity contribution in [2.24, 2.45) is 0 Å². The average Bonchev–Trinajstić information content (AvgIpc) is 3.08. The van der Waals surface area contributed by atoms with E-state index < -0.39 is 10.0 Å². The molecule has 3 aromatic rings. The number of rotatable bonds is 7. The molecular weight excluding hydrogens is 438 g/mol. The Balaban J connectivity index is 1.32. The van der Waals surface area contributed by atoms with E-state index in [0.29, 0.717) is 31.9 Å². The van der Waals surface area contributed by atoms with E-state index in [1.54, 1.807) is 0 Å². The quantitative estimate of drug-likeness (QED) is 0.577. The summed E-state index contributed by atoms with van der Waals surface area (Å²) in [6.07, 6.45) is 0. The molecule has 1 aliphatic rings. The first-order valence-electron chi connectivity index (χ1n) is 11.0. The molecule has 1 fully saturated rings. The number of aryl methyl sites for hydroxylation is 1. The predicted molar refractivity (Wildman–Crippen MR) is 129 cm³/mol. The number of hydrogen-bond acceptors (Lipinski definition) is 5. The third-order valence-electron chi connectivity index (χ3n) is 5.84. The second kappa shape index (κ2) is 9.86. The number of amides is 1. The molecule has 1 aromatic heterocycles. The first-order valence-corrected chi connectivity index (χ1v) is 12.6. The number of hydrogen-bond donors (Lipinski definition) is 1. The van der Waals surface area contributed by atoms with E-state index in [2.05, 4.69) is 10.4 Å². The summed E-state index contributed by atoms with van der Waals surface area (Å²) in [7, 11) is -3.38. The van der Waals surface area contributed by atoms with Gasteiger partial charge in [-0.1, -0.05) is 48.5 Å². The third-order valence-corrected chi connectivity index (χ3v) is 7.69. The lowest BCUT2D eigenvalue weighted by Crippen LogP contribution is -2.50. The Kier molecular flexibility index (Phi) is 6.92. The number of benzene rings is 2. The summed E-state index contributed by atoms with van der Waals surface area (Å²) in [6.45, 7) is 5.81. The predicted octanol–water partition coefficient (Wildman–Crippen LogP) is 2.58. The Hall–Kier alpha value is -3.01. The maximum absolute atomic E-state index is 12.7. The molecule has 2 aromatic carbocycles. The Morgan fingerprint density at radius 3 is 2.18 bits per heavy atom. The highest BCUT2D eigenvalue weighted by Gasteiger charge is 2.28. The number of aromatic nitrogens is 2. The maximum Gasteiger partial charge on any atom is 0.238 e. The monoisotopic (exact) mass is 467 g/mol. The molecule has 0 bridgehead atoms. The van der Waals surface area contributed by atoms with Crippen molar-refractivity contribution in [1.82, 2.24) is 19.0 Å². The van der Waals surface area contributed by atoms with Gasteiger partial charge in [0.2, 0.25) is 15.9 Å². The van der Waals surface area contributed by atoms with Crippen LogP contribution in [0.15, 0.2) is 60.7 Å².